The second-order valence-electron chi connectivity index (χ2n) is 6.69. The molecule has 146 valence electrons. The first-order valence-corrected chi connectivity index (χ1v) is 11.6. The van der Waals surface area contributed by atoms with E-state index in [4.69, 9.17) is 5.11 Å². The van der Waals surface area contributed by atoms with E-state index in [9.17, 15) is 18.0 Å². The van der Waals surface area contributed by atoms with Gasteiger partial charge in [-0.25, -0.2) is 8.42 Å². The van der Waals surface area contributed by atoms with Gasteiger partial charge in [0.15, 0.2) is 15.0 Å². The number of sulfone groups is 1. The van der Waals surface area contributed by atoms with Gasteiger partial charge in [-0.2, -0.15) is 4.99 Å². The Morgan fingerprint density at radius 1 is 1.26 bits per heavy atom. The van der Waals surface area contributed by atoms with Gasteiger partial charge < -0.3 is 10.0 Å². The minimum absolute atomic E-state index is 0.0505. The highest BCUT2D eigenvalue weighted by Gasteiger charge is 2.49. The lowest BCUT2D eigenvalue weighted by Crippen LogP contribution is -2.38. The van der Waals surface area contributed by atoms with Crippen molar-refractivity contribution in [3.05, 3.63) is 29.8 Å². The largest absolute Gasteiger partial charge is 0.481 e. The van der Waals surface area contributed by atoms with E-state index in [1.165, 1.54) is 11.8 Å². The highest BCUT2D eigenvalue weighted by molar-refractivity contribution is 8.16. The lowest BCUT2D eigenvalue weighted by atomic mass is 10.1. The summed E-state index contributed by atoms with van der Waals surface area (Å²) in [5.41, 5.74) is 1.95. The average molecular weight is 411 g/mol. The highest BCUT2D eigenvalue weighted by atomic mass is 32.2. The van der Waals surface area contributed by atoms with Crippen molar-refractivity contribution in [2.24, 2.45) is 4.99 Å². The fraction of sp³-hybridized carbons (Fsp3) is 0.500. The van der Waals surface area contributed by atoms with Crippen molar-refractivity contribution < 1.29 is 23.1 Å². The van der Waals surface area contributed by atoms with Crippen LogP contribution in [0.5, 0.6) is 0 Å². The van der Waals surface area contributed by atoms with Crippen LogP contribution in [0.15, 0.2) is 29.3 Å². The van der Waals surface area contributed by atoms with E-state index < -0.39 is 15.8 Å². The van der Waals surface area contributed by atoms with Crippen molar-refractivity contribution in [3.8, 4) is 0 Å². The summed E-state index contributed by atoms with van der Waals surface area (Å²) in [5, 5.41) is 9.07. The van der Waals surface area contributed by atoms with Crippen molar-refractivity contribution in [2.75, 3.05) is 16.4 Å². The van der Waals surface area contributed by atoms with Gasteiger partial charge in [-0.1, -0.05) is 36.9 Å². The number of aliphatic carboxylic acids is 1. The van der Waals surface area contributed by atoms with E-state index in [1.807, 2.05) is 36.1 Å². The van der Waals surface area contributed by atoms with Crippen LogP contribution in [0.3, 0.4) is 0 Å². The second-order valence-corrected chi connectivity index (χ2v) is 10.0. The number of aryl methyl sites for hydroxylation is 1. The number of carbonyl (C=O) groups excluding carboxylic acids is 1. The molecule has 0 aliphatic carbocycles. The minimum atomic E-state index is -3.11. The third kappa shape index (κ3) is 4.52. The van der Waals surface area contributed by atoms with Gasteiger partial charge in [0.05, 0.1) is 17.5 Å². The monoisotopic (exact) mass is 410 g/mol. The number of hydrogen-bond donors (Lipinski definition) is 1. The van der Waals surface area contributed by atoms with Gasteiger partial charge in [0, 0.05) is 23.8 Å². The smallest absolute Gasteiger partial charge is 0.303 e. The summed E-state index contributed by atoms with van der Waals surface area (Å²) in [5.74, 6) is -1.18. The molecule has 2 aliphatic rings. The molecule has 0 bridgehead atoms. The number of fused-ring (bicyclic) bond motifs is 1. The summed E-state index contributed by atoms with van der Waals surface area (Å²) in [6.07, 6.45) is 1.01. The first-order chi connectivity index (χ1) is 12.8. The molecule has 0 unspecified atom stereocenters. The van der Waals surface area contributed by atoms with Crippen molar-refractivity contribution in [1.29, 1.82) is 0 Å². The predicted molar refractivity (Wildman–Crippen MR) is 106 cm³/mol. The zero-order chi connectivity index (χ0) is 19.6. The first-order valence-electron chi connectivity index (χ1n) is 8.88. The lowest BCUT2D eigenvalue weighted by Gasteiger charge is -2.26. The number of amidine groups is 1. The van der Waals surface area contributed by atoms with Crippen LogP contribution in [0, 0.1) is 0 Å². The Morgan fingerprint density at radius 3 is 2.70 bits per heavy atom. The standard InChI is InChI=1S/C18H22N2O5S2/c1-2-12-6-3-4-7-13(12)20-14-10-27(24,25)11-15(14)26-18(20)19-16(21)8-5-9-17(22)23/h3-4,6-7,14-15H,2,5,8-11H2,1H3,(H,22,23)/t14-,15+/m1/s1. The Bertz CT molecular complexity index is 881. The Balaban J connectivity index is 1.90. The summed E-state index contributed by atoms with van der Waals surface area (Å²) < 4.78 is 24.2. The van der Waals surface area contributed by atoms with E-state index in [0.29, 0.717) is 5.17 Å². The van der Waals surface area contributed by atoms with Gasteiger partial charge in [-0.15, -0.1) is 0 Å². The third-order valence-electron chi connectivity index (χ3n) is 4.70. The molecule has 0 radical (unpaired) electrons. The number of para-hydroxylation sites is 1. The molecule has 2 heterocycles. The Labute approximate surface area is 162 Å². The number of nitrogens with zero attached hydrogens (tertiary/aromatic N) is 2. The van der Waals surface area contributed by atoms with Gasteiger partial charge in [0.25, 0.3) is 0 Å². The van der Waals surface area contributed by atoms with Crippen molar-refractivity contribution in [2.45, 2.75) is 43.9 Å². The minimum Gasteiger partial charge on any atom is -0.481 e. The normalized spacial score (nSPS) is 24.9. The van der Waals surface area contributed by atoms with Crippen LogP contribution in [0.1, 0.15) is 31.7 Å². The van der Waals surface area contributed by atoms with Crippen molar-refractivity contribution in [3.63, 3.8) is 0 Å². The summed E-state index contributed by atoms with van der Waals surface area (Å²) >= 11 is 1.33. The van der Waals surface area contributed by atoms with Crippen LogP contribution in [-0.4, -0.2) is 53.4 Å². The van der Waals surface area contributed by atoms with Crippen molar-refractivity contribution in [1.82, 2.24) is 0 Å². The van der Waals surface area contributed by atoms with Crippen LogP contribution in [0.4, 0.5) is 5.69 Å². The van der Waals surface area contributed by atoms with E-state index in [1.54, 1.807) is 0 Å². The van der Waals surface area contributed by atoms with Crippen LogP contribution in [0.2, 0.25) is 0 Å². The number of carboxylic acids is 1. The zero-order valence-corrected chi connectivity index (χ0v) is 16.6. The fourth-order valence-electron chi connectivity index (χ4n) is 3.44. The first kappa shape index (κ1) is 19.9. The Morgan fingerprint density at radius 2 is 2.00 bits per heavy atom. The van der Waals surface area contributed by atoms with Crippen LogP contribution in [-0.2, 0) is 25.8 Å². The molecule has 1 N–H and O–H groups in total. The third-order valence-corrected chi connectivity index (χ3v) is 7.91. The van der Waals surface area contributed by atoms with Gasteiger partial charge in [0.1, 0.15) is 0 Å². The molecule has 1 aromatic carbocycles. The molecule has 3 rings (SSSR count). The average Bonchev–Trinajstić information content (AvgIpc) is 3.05. The molecule has 2 saturated heterocycles. The molecule has 7 nitrogen and oxygen atoms in total. The lowest BCUT2D eigenvalue weighted by molar-refractivity contribution is -0.137. The van der Waals surface area contributed by atoms with Gasteiger partial charge in [-0.3, -0.25) is 9.59 Å². The number of amides is 1. The molecule has 1 aromatic rings. The molecule has 0 saturated carbocycles. The summed E-state index contributed by atoms with van der Waals surface area (Å²) in [4.78, 5) is 28.9. The molecule has 2 fully saturated rings. The SMILES string of the molecule is CCc1ccccc1N1C(=NC(=O)CCCC(=O)O)S[C@H]2CS(=O)(=O)C[C@H]21. The summed E-state index contributed by atoms with van der Waals surface area (Å²) in [7, 11) is -3.11. The molecule has 0 spiro atoms. The molecule has 27 heavy (non-hydrogen) atoms. The molecule has 1 amide bonds. The maximum Gasteiger partial charge on any atom is 0.303 e. The topological polar surface area (TPSA) is 104 Å². The number of hydrogen-bond acceptors (Lipinski definition) is 5. The number of aliphatic imine (C=N–C) groups is 1. The van der Waals surface area contributed by atoms with Crippen LogP contribution in [0.25, 0.3) is 0 Å². The number of rotatable bonds is 6. The quantitative estimate of drug-likeness (QED) is 0.766. The molecular formula is C18H22N2O5S2. The molecule has 0 aromatic heterocycles. The second kappa shape index (κ2) is 8.02. The predicted octanol–water partition coefficient (Wildman–Crippen LogP) is 2.11. The number of benzene rings is 1. The number of thioether (sulfide) groups is 1. The van der Waals surface area contributed by atoms with Crippen LogP contribution < -0.4 is 4.90 Å². The van der Waals surface area contributed by atoms with Crippen molar-refractivity contribution >= 4 is 44.3 Å². The summed E-state index contributed by atoms with van der Waals surface area (Å²) in [6.45, 7) is 2.03. The molecule has 2 aliphatic heterocycles. The van der Waals surface area contributed by atoms with E-state index in [0.717, 1.165) is 17.7 Å². The maximum absolute atomic E-state index is 12.2. The van der Waals surface area contributed by atoms with Gasteiger partial charge in [-0.05, 0) is 24.5 Å². The van der Waals surface area contributed by atoms with Gasteiger partial charge >= 0.3 is 5.97 Å². The number of carboxylic acid groups (broad SMARTS) is 1. The molecule has 9 heteroatoms. The Kier molecular flexibility index (Phi) is 5.90. The maximum atomic E-state index is 12.2. The van der Waals surface area contributed by atoms with E-state index in [2.05, 4.69) is 4.99 Å². The van der Waals surface area contributed by atoms with E-state index in [-0.39, 0.29) is 48.0 Å². The van der Waals surface area contributed by atoms with Gasteiger partial charge in [0.2, 0.25) is 5.91 Å². The zero-order valence-electron chi connectivity index (χ0n) is 15.0. The number of carbonyl (C=O) groups is 2. The van der Waals surface area contributed by atoms with Crippen LogP contribution >= 0.6 is 11.8 Å². The van der Waals surface area contributed by atoms with E-state index >= 15 is 0 Å². The molecular weight excluding hydrogens is 388 g/mol. The highest BCUT2D eigenvalue weighted by Crippen LogP contribution is 2.42. The fourth-order valence-corrected chi connectivity index (χ4v) is 7.37. The Hall–Kier alpha value is -1.87. The number of anilines is 1. The molecule has 2 atom stereocenters. The summed E-state index contributed by atoms with van der Waals surface area (Å²) in [6, 6.07) is 7.50.